The predicted octanol–water partition coefficient (Wildman–Crippen LogP) is 3.09. The van der Waals surface area contributed by atoms with Gasteiger partial charge in [-0.25, -0.2) is 0 Å². The summed E-state index contributed by atoms with van der Waals surface area (Å²) in [5, 5.41) is 1.96. The molecule has 0 aliphatic carbocycles. The number of rotatable bonds is 4. The molecule has 2 aliphatic rings. The van der Waals surface area contributed by atoms with E-state index in [0.717, 1.165) is 43.2 Å². The maximum atomic E-state index is 12.9. The minimum Gasteiger partial charge on any atom is -0.468 e. The first kappa shape index (κ1) is 16.8. The smallest absolute Gasteiger partial charge is 0.263 e. The van der Waals surface area contributed by atoms with Crippen LogP contribution >= 0.6 is 11.3 Å². The number of amides is 1. The van der Waals surface area contributed by atoms with Crippen LogP contribution < -0.4 is 0 Å². The fourth-order valence-electron chi connectivity index (χ4n) is 4.05. The summed E-state index contributed by atoms with van der Waals surface area (Å²) in [6.07, 6.45) is 4.11. The van der Waals surface area contributed by atoms with Crippen molar-refractivity contribution in [2.45, 2.75) is 31.5 Å². The minimum absolute atomic E-state index is 0.149. The van der Waals surface area contributed by atoms with Crippen molar-refractivity contribution in [3.8, 4) is 0 Å². The summed E-state index contributed by atoms with van der Waals surface area (Å²) in [6, 6.07) is 7.95. The molecule has 2 fully saturated rings. The number of carbonyl (C=O) groups is 1. The van der Waals surface area contributed by atoms with E-state index in [1.807, 2.05) is 34.5 Å². The van der Waals surface area contributed by atoms with E-state index < -0.39 is 0 Å². The lowest BCUT2D eigenvalue weighted by molar-refractivity contribution is -0.106. The van der Waals surface area contributed by atoms with Gasteiger partial charge >= 0.3 is 0 Å². The number of ether oxygens (including phenoxy) is 1. The van der Waals surface area contributed by atoms with Crippen LogP contribution in [0.3, 0.4) is 0 Å². The zero-order valence-electron chi connectivity index (χ0n) is 14.5. The molecule has 0 bridgehead atoms. The lowest BCUT2D eigenvalue weighted by atomic mass is 9.84. The molecule has 2 aromatic heterocycles. The topological polar surface area (TPSA) is 45.9 Å². The standard InChI is InChI=1S/C19H24N2O3S/c1-20(12-15-6-3-8-23-15)16-13-21(19(22)17-7-4-10-25-17)11-14-5-2-9-24-18(14)16/h3-4,6-8,10,14,16,18H,2,5,9,11-13H2,1H3/t14-,16+,18-/m0/s1. The number of likely N-dealkylation sites (tertiary alicyclic amines) is 1. The Hall–Kier alpha value is -1.63. The highest BCUT2D eigenvalue weighted by Crippen LogP contribution is 2.32. The zero-order chi connectivity index (χ0) is 17.2. The summed E-state index contributed by atoms with van der Waals surface area (Å²) in [7, 11) is 2.10. The molecule has 2 saturated heterocycles. The molecule has 2 aromatic rings. The van der Waals surface area contributed by atoms with Crippen molar-refractivity contribution < 1.29 is 13.9 Å². The molecule has 134 valence electrons. The van der Waals surface area contributed by atoms with Crippen LogP contribution in [0, 0.1) is 5.92 Å². The van der Waals surface area contributed by atoms with Gasteiger partial charge in [-0.1, -0.05) is 6.07 Å². The van der Waals surface area contributed by atoms with Gasteiger partial charge in [0.15, 0.2) is 0 Å². The van der Waals surface area contributed by atoms with Crippen LogP contribution in [-0.2, 0) is 11.3 Å². The molecule has 0 saturated carbocycles. The average molecular weight is 360 g/mol. The van der Waals surface area contributed by atoms with Gasteiger partial charge in [0.25, 0.3) is 5.91 Å². The summed E-state index contributed by atoms with van der Waals surface area (Å²) in [4.78, 5) is 18.0. The zero-order valence-corrected chi connectivity index (χ0v) is 15.3. The molecular formula is C19H24N2O3S. The van der Waals surface area contributed by atoms with Gasteiger partial charge in [-0.05, 0) is 43.5 Å². The van der Waals surface area contributed by atoms with Gasteiger partial charge in [-0.2, -0.15) is 0 Å². The Labute approximate surface area is 152 Å². The van der Waals surface area contributed by atoms with Gasteiger partial charge in [-0.3, -0.25) is 9.69 Å². The third-order valence-corrected chi connectivity index (χ3v) is 6.16. The van der Waals surface area contributed by atoms with Crippen LogP contribution in [0.2, 0.25) is 0 Å². The largest absolute Gasteiger partial charge is 0.468 e. The molecule has 5 nitrogen and oxygen atoms in total. The van der Waals surface area contributed by atoms with E-state index in [0.29, 0.717) is 12.5 Å². The summed E-state index contributed by atoms with van der Waals surface area (Å²) >= 11 is 1.52. The van der Waals surface area contributed by atoms with Crippen molar-refractivity contribution in [3.63, 3.8) is 0 Å². The number of furan rings is 1. The van der Waals surface area contributed by atoms with Crippen LogP contribution in [0.4, 0.5) is 0 Å². The van der Waals surface area contributed by atoms with E-state index >= 15 is 0 Å². The average Bonchev–Trinajstić information content (AvgIpc) is 3.34. The maximum absolute atomic E-state index is 12.9. The van der Waals surface area contributed by atoms with Crippen LogP contribution in [0.5, 0.6) is 0 Å². The van der Waals surface area contributed by atoms with Gasteiger partial charge in [0, 0.05) is 25.6 Å². The van der Waals surface area contributed by atoms with E-state index in [4.69, 9.17) is 9.15 Å². The Morgan fingerprint density at radius 1 is 1.36 bits per heavy atom. The molecule has 4 rings (SSSR count). The number of hydrogen-bond acceptors (Lipinski definition) is 5. The normalized spacial score (nSPS) is 26.6. The molecule has 25 heavy (non-hydrogen) atoms. The number of carbonyl (C=O) groups excluding carboxylic acids is 1. The Morgan fingerprint density at radius 3 is 3.04 bits per heavy atom. The van der Waals surface area contributed by atoms with Gasteiger partial charge in [0.2, 0.25) is 0 Å². The predicted molar refractivity (Wildman–Crippen MR) is 96.6 cm³/mol. The summed E-state index contributed by atoms with van der Waals surface area (Å²) < 4.78 is 11.6. The van der Waals surface area contributed by atoms with Crippen molar-refractivity contribution in [1.82, 2.24) is 9.80 Å². The van der Waals surface area contributed by atoms with Crippen LogP contribution in [-0.4, -0.2) is 54.6 Å². The molecule has 6 heteroatoms. The highest BCUT2D eigenvalue weighted by Gasteiger charge is 2.42. The van der Waals surface area contributed by atoms with E-state index in [1.54, 1.807) is 6.26 Å². The molecule has 0 aromatic carbocycles. The summed E-state index contributed by atoms with van der Waals surface area (Å²) in [6.45, 7) is 3.05. The molecule has 2 aliphatic heterocycles. The number of nitrogens with zero attached hydrogens (tertiary/aromatic N) is 2. The van der Waals surface area contributed by atoms with Crippen molar-refractivity contribution >= 4 is 17.2 Å². The minimum atomic E-state index is 0.149. The second kappa shape index (κ2) is 7.32. The molecule has 1 amide bonds. The molecule has 0 radical (unpaired) electrons. The van der Waals surface area contributed by atoms with Crippen molar-refractivity contribution in [3.05, 3.63) is 46.5 Å². The molecule has 0 unspecified atom stereocenters. The molecule has 0 spiro atoms. The Balaban J connectivity index is 1.53. The van der Waals surface area contributed by atoms with E-state index in [-0.39, 0.29) is 18.1 Å². The lowest BCUT2D eigenvalue weighted by Crippen LogP contribution is -2.61. The van der Waals surface area contributed by atoms with Gasteiger partial charge in [-0.15, -0.1) is 11.3 Å². The van der Waals surface area contributed by atoms with Crippen molar-refractivity contribution in [2.24, 2.45) is 5.92 Å². The SMILES string of the molecule is CN(Cc1ccco1)[C@@H]1CN(C(=O)c2cccs2)C[C@@H]2CCCO[C@@H]21. The first-order chi connectivity index (χ1) is 12.2. The van der Waals surface area contributed by atoms with Crippen LogP contribution in [0.15, 0.2) is 40.3 Å². The fraction of sp³-hybridized carbons (Fsp3) is 0.526. The molecule has 4 heterocycles. The van der Waals surface area contributed by atoms with E-state index in [9.17, 15) is 4.79 Å². The highest BCUT2D eigenvalue weighted by atomic mass is 32.1. The maximum Gasteiger partial charge on any atom is 0.263 e. The Morgan fingerprint density at radius 2 is 2.28 bits per heavy atom. The Kier molecular flexibility index (Phi) is 4.92. The highest BCUT2D eigenvalue weighted by molar-refractivity contribution is 7.12. The van der Waals surface area contributed by atoms with Gasteiger partial charge in [0.05, 0.1) is 29.8 Å². The van der Waals surface area contributed by atoms with Crippen LogP contribution in [0.1, 0.15) is 28.3 Å². The second-order valence-corrected chi connectivity index (χ2v) is 7.93. The summed E-state index contributed by atoms with van der Waals surface area (Å²) in [5.74, 6) is 1.50. The first-order valence-electron chi connectivity index (χ1n) is 8.89. The first-order valence-corrected chi connectivity index (χ1v) is 9.77. The number of likely N-dealkylation sites (N-methyl/N-ethyl adjacent to an activating group) is 1. The van der Waals surface area contributed by atoms with Gasteiger partial charge in [0.1, 0.15) is 5.76 Å². The third-order valence-electron chi connectivity index (χ3n) is 5.31. The molecular weight excluding hydrogens is 336 g/mol. The quantitative estimate of drug-likeness (QED) is 0.841. The summed E-state index contributed by atoms with van der Waals surface area (Å²) in [5.41, 5.74) is 0. The number of thiophene rings is 1. The lowest BCUT2D eigenvalue weighted by Gasteiger charge is -2.48. The number of piperidine rings is 1. The second-order valence-electron chi connectivity index (χ2n) is 6.99. The van der Waals surface area contributed by atoms with Gasteiger partial charge < -0.3 is 14.1 Å². The van der Waals surface area contributed by atoms with E-state index in [2.05, 4.69) is 11.9 Å². The van der Waals surface area contributed by atoms with Crippen molar-refractivity contribution in [1.29, 1.82) is 0 Å². The Bertz CT molecular complexity index is 686. The molecule has 3 atom stereocenters. The van der Waals surface area contributed by atoms with Crippen LogP contribution in [0.25, 0.3) is 0 Å². The monoisotopic (exact) mass is 360 g/mol. The fourth-order valence-corrected chi connectivity index (χ4v) is 4.74. The number of hydrogen-bond donors (Lipinski definition) is 0. The van der Waals surface area contributed by atoms with Crippen molar-refractivity contribution in [2.75, 3.05) is 26.7 Å². The third kappa shape index (κ3) is 3.52. The molecule has 0 N–H and O–H groups in total. The van der Waals surface area contributed by atoms with E-state index in [1.165, 1.54) is 11.3 Å². The number of fused-ring (bicyclic) bond motifs is 1.